The predicted molar refractivity (Wildman–Crippen MR) is 94.8 cm³/mol. The number of benzene rings is 1. The molecular weight excluding hydrogens is 346 g/mol. The molecule has 1 amide bonds. The maximum absolute atomic E-state index is 12.9. The Kier molecular flexibility index (Phi) is 5.58. The van der Waals surface area contributed by atoms with Gasteiger partial charge < -0.3 is 4.90 Å². The Hall–Kier alpha value is -2.68. The van der Waals surface area contributed by atoms with Crippen LogP contribution >= 0.6 is 11.8 Å². The summed E-state index contributed by atoms with van der Waals surface area (Å²) >= 11 is 1.46. The zero-order chi connectivity index (χ0) is 18.7. The quantitative estimate of drug-likeness (QED) is 0.452. The van der Waals surface area contributed by atoms with Crippen LogP contribution in [0.4, 0.5) is 5.69 Å². The molecular formula is C16H17N3O5S. The van der Waals surface area contributed by atoms with Crippen LogP contribution in [0.5, 0.6) is 0 Å². The fraction of sp³-hybridized carbons (Fsp3) is 0.312. The van der Waals surface area contributed by atoms with Crippen molar-refractivity contribution in [2.45, 2.75) is 24.3 Å². The van der Waals surface area contributed by atoms with Crippen molar-refractivity contribution in [1.29, 1.82) is 0 Å². The van der Waals surface area contributed by atoms with Gasteiger partial charge in [0.15, 0.2) is 0 Å². The lowest BCUT2D eigenvalue weighted by Crippen LogP contribution is -2.34. The van der Waals surface area contributed by atoms with Crippen LogP contribution in [0.25, 0.3) is 0 Å². The normalized spacial score (nSPS) is 17.1. The highest BCUT2D eigenvalue weighted by Gasteiger charge is 2.37. The Bertz CT molecular complexity index is 803. The molecule has 0 saturated heterocycles. The number of carbonyl (C=O) groups excluding carboxylic acids is 1. The standard InChI is InChI=1S/C16H17N3O5S/c1-10-12(8-11(18(21)22)9-14(10)19(23)24)16(20)17(2)13-6-4-5-7-15(13)25-3/h4-8,14H,9H2,1-3H3. The maximum Gasteiger partial charge on any atom is 0.258 e. The minimum atomic E-state index is -1.27. The third-order valence-corrected chi connectivity index (χ3v) is 4.89. The highest BCUT2D eigenvalue weighted by atomic mass is 32.2. The largest absolute Gasteiger partial charge is 0.310 e. The molecule has 0 saturated carbocycles. The van der Waals surface area contributed by atoms with Gasteiger partial charge in [0, 0.05) is 28.5 Å². The number of nitrogens with zero attached hydrogens (tertiary/aromatic N) is 3. The van der Waals surface area contributed by atoms with Gasteiger partial charge in [0.1, 0.15) is 6.42 Å². The molecule has 1 aliphatic carbocycles. The van der Waals surface area contributed by atoms with Crippen molar-refractivity contribution in [3.8, 4) is 0 Å². The molecule has 132 valence electrons. The molecule has 1 aromatic rings. The molecule has 8 nitrogen and oxygen atoms in total. The van der Waals surface area contributed by atoms with E-state index in [1.165, 1.54) is 23.6 Å². The van der Waals surface area contributed by atoms with Gasteiger partial charge in [-0.2, -0.15) is 0 Å². The fourth-order valence-corrected chi connectivity index (χ4v) is 3.29. The Balaban J connectivity index is 2.49. The molecule has 0 spiro atoms. The van der Waals surface area contributed by atoms with Crippen LogP contribution in [-0.2, 0) is 4.79 Å². The van der Waals surface area contributed by atoms with Gasteiger partial charge in [0.2, 0.25) is 6.04 Å². The Morgan fingerprint density at radius 2 is 1.92 bits per heavy atom. The molecule has 9 heteroatoms. The third-order valence-electron chi connectivity index (χ3n) is 4.11. The second-order valence-corrected chi connectivity index (χ2v) is 6.38. The Labute approximate surface area is 148 Å². The van der Waals surface area contributed by atoms with E-state index in [2.05, 4.69) is 0 Å². The number of anilines is 1. The molecule has 0 N–H and O–H groups in total. The Morgan fingerprint density at radius 3 is 2.48 bits per heavy atom. The van der Waals surface area contributed by atoms with Crippen molar-refractivity contribution in [2.75, 3.05) is 18.2 Å². The minimum absolute atomic E-state index is 0.00180. The van der Waals surface area contributed by atoms with Gasteiger partial charge in [-0.1, -0.05) is 12.1 Å². The van der Waals surface area contributed by atoms with Crippen LogP contribution in [0.15, 0.2) is 52.1 Å². The molecule has 0 bridgehead atoms. The summed E-state index contributed by atoms with van der Waals surface area (Å²) < 4.78 is 0. The van der Waals surface area contributed by atoms with E-state index in [0.29, 0.717) is 5.69 Å². The van der Waals surface area contributed by atoms with Gasteiger partial charge in [-0.3, -0.25) is 25.0 Å². The molecule has 2 rings (SSSR count). The average molecular weight is 363 g/mol. The van der Waals surface area contributed by atoms with Gasteiger partial charge in [-0.15, -0.1) is 11.8 Å². The summed E-state index contributed by atoms with van der Waals surface area (Å²) in [5.74, 6) is -0.509. The fourth-order valence-electron chi connectivity index (χ4n) is 2.66. The summed E-state index contributed by atoms with van der Waals surface area (Å²) in [6.07, 6.45) is 2.69. The molecule has 0 radical (unpaired) electrons. The van der Waals surface area contributed by atoms with E-state index >= 15 is 0 Å². The number of hydrogen-bond donors (Lipinski definition) is 0. The molecule has 1 atom stereocenters. The monoisotopic (exact) mass is 363 g/mol. The molecule has 0 fully saturated rings. The van der Waals surface area contributed by atoms with Crippen molar-refractivity contribution in [3.05, 3.63) is 67.4 Å². The van der Waals surface area contributed by atoms with E-state index in [0.717, 1.165) is 11.0 Å². The smallest absolute Gasteiger partial charge is 0.258 e. The zero-order valence-electron chi connectivity index (χ0n) is 14.0. The van der Waals surface area contributed by atoms with E-state index in [1.54, 1.807) is 19.2 Å². The number of para-hydroxylation sites is 1. The van der Waals surface area contributed by atoms with Gasteiger partial charge >= 0.3 is 0 Å². The van der Waals surface area contributed by atoms with E-state index in [1.807, 2.05) is 18.4 Å². The summed E-state index contributed by atoms with van der Waals surface area (Å²) in [6.45, 7) is 1.47. The van der Waals surface area contributed by atoms with Crippen LogP contribution in [0.1, 0.15) is 13.3 Å². The molecule has 0 aliphatic heterocycles. The first-order valence-corrected chi connectivity index (χ1v) is 8.60. The first-order valence-electron chi connectivity index (χ1n) is 7.38. The van der Waals surface area contributed by atoms with Crippen LogP contribution in [-0.4, -0.2) is 35.1 Å². The maximum atomic E-state index is 12.9. The van der Waals surface area contributed by atoms with Gasteiger partial charge in [-0.05, 0) is 25.3 Å². The number of nitro groups is 2. The second-order valence-electron chi connectivity index (χ2n) is 5.53. The molecule has 1 aliphatic rings. The molecule has 0 aromatic heterocycles. The summed E-state index contributed by atoms with van der Waals surface area (Å²) in [6, 6.07) is 5.95. The van der Waals surface area contributed by atoms with E-state index in [-0.39, 0.29) is 23.3 Å². The molecule has 1 aromatic carbocycles. The molecule has 1 unspecified atom stereocenters. The van der Waals surface area contributed by atoms with E-state index in [4.69, 9.17) is 0 Å². The lowest BCUT2D eigenvalue weighted by molar-refractivity contribution is -0.520. The lowest BCUT2D eigenvalue weighted by Gasteiger charge is -2.23. The van der Waals surface area contributed by atoms with E-state index in [9.17, 15) is 25.0 Å². The average Bonchev–Trinajstić information content (AvgIpc) is 2.60. The first kappa shape index (κ1) is 18.7. The molecule has 25 heavy (non-hydrogen) atoms. The van der Waals surface area contributed by atoms with Gasteiger partial charge in [-0.25, -0.2) is 0 Å². The first-order chi connectivity index (χ1) is 11.8. The van der Waals surface area contributed by atoms with Crippen LogP contribution in [0.3, 0.4) is 0 Å². The zero-order valence-corrected chi connectivity index (χ0v) is 14.8. The number of thioether (sulfide) groups is 1. The number of carbonyl (C=O) groups is 1. The van der Waals surface area contributed by atoms with E-state index < -0.39 is 21.8 Å². The summed E-state index contributed by atoms with van der Waals surface area (Å²) in [4.78, 5) is 36.2. The topological polar surface area (TPSA) is 107 Å². The van der Waals surface area contributed by atoms with Crippen molar-refractivity contribution < 1.29 is 14.6 Å². The van der Waals surface area contributed by atoms with Crippen LogP contribution < -0.4 is 4.90 Å². The van der Waals surface area contributed by atoms with Crippen molar-refractivity contribution in [3.63, 3.8) is 0 Å². The summed E-state index contributed by atoms with van der Waals surface area (Å²) in [5, 5.41) is 22.3. The summed E-state index contributed by atoms with van der Waals surface area (Å²) in [5.41, 5.74) is 0.536. The number of hydrogen-bond acceptors (Lipinski definition) is 6. The highest BCUT2D eigenvalue weighted by Crippen LogP contribution is 2.32. The predicted octanol–water partition coefficient (Wildman–Crippen LogP) is 2.90. The third kappa shape index (κ3) is 3.71. The van der Waals surface area contributed by atoms with Crippen LogP contribution in [0, 0.1) is 20.2 Å². The molecule has 0 heterocycles. The van der Waals surface area contributed by atoms with Gasteiger partial charge in [0.25, 0.3) is 11.6 Å². The second kappa shape index (κ2) is 7.47. The number of amides is 1. The van der Waals surface area contributed by atoms with Crippen LogP contribution in [0.2, 0.25) is 0 Å². The SMILES string of the molecule is CSc1ccccc1N(C)C(=O)C1=C(C)C([N+](=O)[O-])CC([N+](=O)[O-])=C1. The Morgan fingerprint density at radius 1 is 1.28 bits per heavy atom. The van der Waals surface area contributed by atoms with Crippen molar-refractivity contribution >= 4 is 23.4 Å². The lowest BCUT2D eigenvalue weighted by atomic mass is 9.91. The number of likely N-dealkylation sites (N-methyl/N-ethyl adjacent to an activating group) is 1. The minimum Gasteiger partial charge on any atom is -0.310 e. The van der Waals surface area contributed by atoms with Crippen molar-refractivity contribution in [2.24, 2.45) is 0 Å². The highest BCUT2D eigenvalue weighted by molar-refractivity contribution is 7.98. The number of rotatable bonds is 5. The van der Waals surface area contributed by atoms with Gasteiger partial charge in [0.05, 0.1) is 16.2 Å². The van der Waals surface area contributed by atoms with Crippen molar-refractivity contribution in [1.82, 2.24) is 0 Å². The summed E-state index contributed by atoms with van der Waals surface area (Å²) in [7, 11) is 1.55.